The van der Waals surface area contributed by atoms with Gasteiger partial charge in [-0.25, -0.2) is 4.98 Å². The summed E-state index contributed by atoms with van der Waals surface area (Å²) in [5.41, 5.74) is 0.740. The summed E-state index contributed by atoms with van der Waals surface area (Å²) in [5.74, 6) is 0.196. The van der Waals surface area contributed by atoms with E-state index in [0.717, 1.165) is 25.0 Å². The van der Waals surface area contributed by atoms with Crippen molar-refractivity contribution in [1.82, 2.24) is 14.5 Å². The molecule has 23 heavy (non-hydrogen) atoms. The van der Waals surface area contributed by atoms with E-state index >= 15 is 0 Å². The first-order valence-corrected chi connectivity index (χ1v) is 7.84. The molecule has 1 aliphatic rings. The molecule has 1 aromatic heterocycles. The Kier molecular flexibility index (Phi) is 4.92. The Morgan fingerprint density at radius 2 is 2.30 bits per heavy atom. The molecule has 1 amide bonds. The maximum absolute atomic E-state index is 12.7. The van der Waals surface area contributed by atoms with Gasteiger partial charge in [0, 0.05) is 37.7 Å². The zero-order valence-corrected chi connectivity index (χ0v) is 13.0. The number of hydrogen-bond donors (Lipinski definition) is 1. The topological polar surface area (TPSA) is 67.6 Å². The van der Waals surface area contributed by atoms with E-state index in [4.69, 9.17) is 4.74 Å². The van der Waals surface area contributed by atoms with E-state index in [1.807, 2.05) is 12.1 Å². The van der Waals surface area contributed by atoms with E-state index in [2.05, 4.69) is 4.98 Å². The van der Waals surface area contributed by atoms with Crippen LogP contribution in [0, 0.1) is 0 Å². The zero-order valence-electron chi connectivity index (χ0n) is 13.0. The molecule has 0 aliphatic carbocycles. The van der Waals surface area contributed by atoms with E-state index in [0.29, 0.717) is 13.1 Å². The maximum atomic E-state index is 12.7. The molecule has 122 valence electrons. The van der Waals surface area contributed by atoms with Gasteiger partial charge in [0.15, 0.2) is 0 Å². The number of rotatable bonds is 6. The summed E-state index contributed by atoms with van der Waals surface area (Å²) in [6.45, 7) is 1.91. The van der Waals surface area contributed by atoms with Crippen molar-refractivity contribution in [1.29, 1.82) is 0 Å². The second kappa shape index (κ2) is 7.28. The van der Waals surface area contributed by atoms with Crippen molar-refractivity contribution in [3.05, 3.63) is 48.5 Å². The summed E-state index contributed by atoms with van der Waals surface area (Å²) in [4.78, 5) is 18.4. The smallest absolute Gasteiger partial charge is 0.242 e. The van der Waals surface area contributed by atoms with Gasteiger partial charge in [-0.1, -0.05) is 18.2 Å². The molecule has 1 aromatic carbocycles. The highest BCUT2D eigenvalue weighted by Gasteiger charge is 2.23. The Morgan fingerprint density at radius 1 is 1.43 bits per heavy atom. The van der Waals surface area contributed by atoms with Gasteiger partial charge in [0.05, 0.1) is 12.4 Å². The number of phenols is 1. The van der Waals surface area contributed by atoms with Crippen molar-refractivity contribution in [2.45, 2.75) is 32.0 Å². The quantitative estimate of drug-likeness (QED) is 0.882. The van der Waals surface area contributed by atoms with Gasteiger partial charge >= 0.3 is 0 Å². The van der Waals surface area contributed by atoms with Crippen molar-refractivity contribution >= 4 is 5.91 Å². The standard InChI is InChI=1S/C17H21N3O3/c21-16-6-2-1-4-14(16)10-20(11-15-5-3-9-23-15)17(22)12-19-8-7-18-13-19/h1-2,4,6-8,13,15,21H,3,5,9-12H2/t15-/m1/s1. The molecule has 0 unspecified atom stereocenters. The molecule has 0 bridgehead atoms. The number of benzene rings is 1. The van der Waals surface area contributed by atoms with Gasteiger partial charge in [-0.05, 0) is 18.9 Å². The average molecular weight is 315 g/mol. The predicted molar refractivity (Wildman–Crippen MR) is 84.7 cm³/mol. The number of carbonyl (C=O) groups excluding carboxylic acids is 1. The molecular weight excluding hydrogens is 294 g/mol. The molecule has 1 N–H and O–H groups in total. The molecule has 6 nitrogen and oxygen atoms in total. The number of para-hydroxylation sites is 1. The third-order valence-electron chi connectivity index (χ3n) is 4.03. The van der Waals surface area contributed by atoms with Crippen LogP contribution in [0.2, 0.25) is 0 Å². The molecule has 3 rings (SSSR count). The average Bonchev–Trinajstić information content (AvgIpc) is 3.22. The minimum atomic E-state index is -0.0123. The molecule has 0 saturated carbocycles. The van der Waals surface area contributed by atoms with Crippen molar-refractivity contribution in [3.8, 4) is 5.75 Å². The second-order valence-corrected chi connectivity index (χ2v) is 5.77. The monoisotopic (exact) mass is 315 g/mol. The van der Waals surface area contributed by atoms with E-state index in [1.54, 1.807) is 40.3 Å². The van der Waals surface area contributed by atoms with Gasteiger partial charge in [-0.2, -0.15) is 0 Å². The first kappa shape index (κ1) is 15.6. The molecule has 0 spiro atoms. The van der Waals surface area contributed by atoms with Crippen LogP contribution in [0.25, 0.3) is 0 Å². The minimum Gasteiger partial charge on any atom is -0.508 e. The molecular formula is C17H21N3O3. The van der Waals surface area contributed by atoms with Gasteiger partial charge in [0.25, 0.3) is 0 Å². The first-order valence-electron chi connectivity index (χ1n) is 7.84. The fraction of sp³-hybridized carbons (Fsp3) is 0.412. The van der Waals surface area contributed by atoms with Crippen LogP contribution in [0.4, 0.5) is 0 Å². The highest BCUT2D eigenvalue weighted by Crippen LogP contribution is 2.20. The number of carbonyl (C=O) groups is 1. The number of hydrogen-bond acceptors (Lipinski definition) is 4. The van der Waals surface area contributed by atoms with Gasteiger partial charge in [-0.15, -0.1) is 0 Å². The molecule has 6 heteroatoms. The summed E-state index contributed by atoms with van der Waals surface area (Å²) in [7, 11) is 0. The third-order valence-corrected chi connectivity index (χ3v) is 4.03. The van der Waals surface area contributed by atoms with Crippen molar-refractivity contribution in [3.63, 3.8) is 0 Å². The van der Waals surface area contributed by atoms with Gasteiger partial charge < -0.3 is 19.3 Å². The van der Waals surface area contributed by atoms with E-state index in [9.17, 15) is 9.90 Å². The SMILES string of the molecule is O=C(Cn1ccnc1)N(Cc1ccccc1O)C[C@H]1CCCO1. The number of aromatic hydroxyl groups is 1. The number of phenolic OH excluding ortho intramolecular Hbond substituents is 1. The van der Waals surface area contributed by atoms with Crippen LogP contribution < -0.4 is 0 Å². The number of aromatic nitrogens is 2. The molecule has 1 aliphatic heterocycles. The molecule has 1 saturated heterocycles. The van der Waals surface area contributed by atoms with E-state index < -0.39 is 0 Å². The molecule has 2 aromatic rings. The van der Waals surface area contributed by atoms with Crippen LogP contribution in [0.3, 0.4) is 0 Å². The molecule has 2 heterocycles. The largest absolute Gasteiger partial charge is 0.508 e. The minimum absolute atomic E-state index is 0.0123. The predicted octanol–water partition coefficient (Wildman–Crippen LogP) is 1.80. The fourth-order valence-electron chi connectivity index (χ4n) is 2.78. The number of amides is 1. The van der Waals surface area contributed by atoms with Crippen LogP contribution in [-0.2, 0) is 22.6 Å². The Bertz CT molecular complexity index is 636. The summed E-state index contributed by atoms with van der Waals surface area (Å²) in [6, 6.07) is 7.11. The lowest BCUT2D eigenvalue weighted by Gasteiger charge is -2.26. The Labute approximate surface area is 135 Å². The van der Waals surface area contributed by atoms with Crippen LogP contribution in [-0.4, -0.2) is 44.7 Å². The highest BCUT2D eigenvalue weighted by molar-refractivity contribution is 5.76. The fourth-order valence-corrected chi connectivity index (χ4v) is 2.78. The Morgan fingerprint density at radius 3 is 3.00 bits per heavy atom. The lowest BCUT2D eigenvalue weighted by Crippen LogP contribution is -2.38. The number of imidazole rings is 1. The van der Waals surface area contributed by atoms with E-state index in [-0.39, 0.29) is 24.3 Å². The van der Waals surface area contributed by atoms with Gasteiger partial charge in [0.1, 0.15) is 12.3 Å². The molecule has 1 fully saturated rings. The van der Waals surface area contributed by atoms with E-state index in [1.165, 1.54) is 0 Å². The maximum Gasteiger partial charge on any atom is 0.242 e. The van der Waals surface area contributed by atoms with Crippen molar-refractivity contribution in [2.24, 2.45) is 0 Å². The Hall–Kier alpha value is -2.34. The Balaban J connectivity index is 1.72. The summed E-state index contributed by atoms with van der Waals surface area (Å²) in [5, 5.41) is 9.97. The molecule has 0 radical (unpaired) electrons. The summed E-state index contributed by atoms with van der Waals surface area (Å²) < 4.78 is 7.41. The molecule has 1 atom stereocenters. The van der Waals surface area contributed by atoms with Crippen LogP contribution in [0.15, 0.2) is 43.0 Å². The van der Waals surface area contributed by atoms with Crippen LogP contribution in [0.1, 0.15) is 18.4 Å². The van der Waals surface area contributed by atoms with Crippen LogP contribution in [0.5, 0.6) is 5.75 Å². The second-order valence-electron chi connectivity index (χ2n) is 5.77. The summed E-state index contributed by atoms with van der Waals surface area (Å²) >= 11 is 0. The van der Waals surface area contributed by atoms with Crippen molar-refractivity contribution < 1.29 is 14.6 Å². The highest BCUT2D eigenvalue weighted by atomic mass is 16.5. The number of ether oxygens (including phenoxy) is 1. The third kappa shape index (κ3) is 4.10. The zero-order chi connectivity index (χ0) is 16.1. The summed E-state index contributed by atoms with van der Waals surface area (Å²) in [6.07, 6.45) is 7.12. The lowest BCUT2D eigenvalue weighted by molar-refractivity contribution is -0.134. The van der Waals surface area contributed by atoms with Gasteiger partial charge in [-0.3, -0.25) is 4.79 Å². The van der Waals surface area contributed by atoms with Gasteiger partial charge in [0.2, 0.25) is 5.91 Å². The van der Waals surface area contributed by atoms with Crippen LogP contribution >= 0.6 is 0 Å². The first-order chi connectivity index (χ1) is 11.2. The lowest BCUT2D eigenvalue weighted by atomic mass is 10.1. The normalized spacial score (nSPS) is 17.3. The van der Waals surface area contributed by atoms with Crippen molar-refractivity contribution in [2.75, 3.05) is 13.2 Å². The number of nitrogens with zero attached hydrogens (tertiary/aromatic N) is 3.